The molecule has 2 aromatic heterocycles. The van der Waals surface area contributed by atoms with Gasteiger partial charge in [-0.3, -0.25) is 4.79 Å². The second kappa shape index (κ2) is 6.91. The van der Waals surface area contributed by atoms with Crippen LogP contribution in [0.4, 0.5) is 0 Å². The molecule has 4 rings (SSSR count). The fraction of sp³-hybridized carbons (Fsp3) is 0.364. The first-order chi connectivity index (χ1) is 13.7. The van der Waals surface area contributed by atoms with E-state index >= 15 is 0 Å². The van der Waals surface area contributed by atoms with E-state index in [0.717, 1.165) is 39.6 Å². The zero-order chi connectivity index (χ0) is 20.9. The van der Waals surface area contributed by atoms with Crippen LogP contribution in [-0.2, 0) is 6.61 Å². The largest absolute Gasteiger partial charge is 0.496 e. The van der Waals surface area contributed by atoms with Gasteiger partial charge in [0.2, 0.25) is 0 Å². The first-order valence-electron chi connectivity index (χ1n) is 9.46. The van der Waals surface area contributed by atoms with E-state index in [1.165, 1.54) is 0 Å². The molecule has 0 saturated heterocycles. The number of nitrogens with zero attached hydrogens (tertiary/aromatic N) is 3. The first kappa shape index (κ1) is 19.5. The summed E-state index contributed by atoms with van der Waals surface area (Å²) in [5.74, 6) is 1.40. The maximum Gasteiger partial charge on any atom is 0.274 e. The van der Waals surface area contributed by atoms with Crippen LogP contribution in [0.5, 0.6) is 11.5 Å². The van der Waals surface area contributed by atoms with Gasteiger partial charge in [-0.1, -0.05) is 0 Å². The average molecular weight is 412 g/mol. The van der Waals surface area contributed by atoms with Gasteiger partial charge in [0.25, 0.3) is 5.91 Å². The molecule has 1 aliphatic rings. The number of carbonyl (C=O) groups is 1. The molecule has 0 aliphatic carbocycles. The van der Waals surface area contributed by atoms with Gasteiger partial charge < -0.3 is 14.4 Å². The molecule has 0 fully saturated rings. The van der Waals surface area contributed by atoms with Gasteiger partial charge in [0.1, 0.15) is 18.1 Å². The van der Waals surface area contributed by atoms with Crippen molar-refractivity contribution in [1.82, 2.24) is 14.7 Å². The number of ether oxygens (including phenoxy) is 2. The van der Waals surface area contributed by atoms with Gasteiger partial charge in [-0.2, -0.15) is 16.4 Å². The Balaban J connectivity index is 1.95. The highest BCUT2D eigenvalue weighted by Gasteiger charge is 2.34. The van der Waals surface area contributed by atoms with Gasteiger partial charge in [-0.05, 0) is 50.8 Å². The predicted octanol–water partition coefficient (Wildman–Crippen LogP) is 4.68. The van der Waals surface area contributed by atoms with Crippen LogP contribution in [0.3, 0.4) is 0 Å². The molecular formula is C22H25N3O3S. The smallest absolute Gasteiger partial charge is 0.274 e. The topological polar surface area (TPSA) is 56.6 Å². The van der Waals surface area contributed by atoms with Crippen molar-refractivity contribution < 1.29 is 14.3 Å². The van der Waals surface area contributed by atoms with Gasteiger partial charge in [-0.25, -0.2) is 4.68 Å². The van der Waals surface area contributed by atoms with Crippen LogP contribution in [0, 0.1) is 6.92 Å². The monoisotopic (exact) mass is 411 g/mol. The molecule has 1 aliphatic heterocycles. The van der Waals surface area contributed by atoms with E-state index in [1.807, 2.05) is 68.4 Å². The van der Waals surface area contributed by atoms with E-state index < -0.39 is 0 Å². The van der Waals surface area contributed by atoms with E-state index in [1.54, 1.807) is 23.3 Å². The van der Waals surface area contributed by atoms with E-state index in [0.29, 0.717) is 5.69 Å². The number of rotatable bonds is 3. The Bertz CT molecular complexity index is 1080. The second-order valence-corrected chi connectivity index (χ2v) is 8.99. The van der Waals surface area contributed by atoms with Crippen molar-refractivity contribution in [2.45, 2.75) is 39.8 Å². The third-order valence-electron chi connectivity index (χ3n) is 5.37. The third-order valence-corrected chi connectivity index (χ3v) is 6.04. The summed E-state index contributed by atoms with van der Waals surface area (Å²) in [4.78, 5) is 15.0. The van der Waals surface area contributed by atoms with Crippen molar-refractivity contribution in [2.24, 2.45) is 0 Å². The Morgan fingerprint density at radius 1 is 1.34 bits per heavy atom. The van der Waals surface area contributed by atoms with Crippen LogP contribution >= 0.6 is 11.3 Å². The highest BCUT2D eigenvalue weighted by atomic mass is 32.1. The number of fused-ring (bicyclic) bond motifs is 3. The standard InChI is InChI=1S/C22H25N3O3S/c1-13-9-15-18(10-17(13)27-6)28-11-16-19(21(26)24(5)22(2,3)4)23-25(20(15)16)14-7-8-29-12-14/h7-10,12H,11H2,1-6H3. The lowest BCUT2D eigenvalue weighted by Crippen LogP contribution is -2.43. The fourth-order valence-electron chi connectivity index (χ4n) is 3.41. The minimum Gasteiger partial charge on any atom is -0.496 e. The number of aromatic nitrogens is 2. The SMILES string of the molecule is COc1cc2c(cc1C)-c1c(c(C(=O)N(C)C(C)(C)C)nn1-c1ccsc1)CO2. The van der Waals surface area contributed by atoms with Crippen LogP contribution in [0.25, 0.3) is 16.9 Å². The molecule has 1 amide bonds. The lowest BCUT2D eigenvalue weighted by molar-refractivity contribution is 0.0646. The summed E-state index contributed by atoms with van der Waals surface area (Å²) in [7, 11) is 3.46. The molecule has 3 aromatic rings. The number of benzene rings is 1. The maximum absolute atomic E-state index is 13.3. The molecule has 1 aromatic carbocycles. The molecular weight excluding hydrogens is 386 g/mol. The lowest BCUT2D eigenvalue weighted by atomic mass is 9.98. The molecule has 6 nitrogen and oxygen atoms in total. The highest BCUT2D eigenvalue weighted by molar-refractivity contribution is 7.08. The van der Waals surface area contributed by atoms with Crippen molar-refractivity contribution in [2.75, 3.05) is 14.2 Å². The molecule has 7 heteroatoms. The molecule has 0 N–H and O–H groups in total. The predicted molar refractivity (Wildman–Crippen MR) is 114 cm³/mol. The Hall–Kier alpha value is -2.80. The summed E-state index contributed by atoms with van der Waals surface area (Å²) in [5, 5.41) is 8.79. The van der Waals surface area contributed by atoms with E-state index in [-0.39, 0.29) is 18.1 Å². The average Bonchev–Trinajstić information content (AvgIpc) is 3.33. The molecule has 0 spiro atoms. The minimum absolute atomic E-state index is 0.111. The van der Waals surface area contributed by atoms with Crippen molar-refractivity contribution >= 4 is 17.2 Å². The summed E-state index contributed by atoms with van der Waals surface area (Å²) in [5.41, 5.74) is 4.69. The quantitative estimate of drug-likeness (QED) is 0.628. The van der Waals surface area contributed by atoms with Crippen LogP contribution in [0.15, 0.2) is 29.0 Å². The molecule has 0 unspecified atom stereocenters. The zero-order valence-electron chi connectivity index (χ0n) is 17.6. The third kappa shape index (κ3) is 3.19. The summed E-state index contributed by atoms with van der Waals surface area (Å²) in [6.07, 6.45) is 0. The molecule has 152 valence electrons. The fourth-order valence-corrected chi connectivity index (χ4v) is 4.02. The number of thiophene rings is 1. The molecule has 3 heterocycles. The lowest BCUT2D eigenvalue weighted by Gasteiger charge is -2.31. The van der Waals surface area contributed by atoms with E-state index in [4.69, 9.17) is 14.6 Å². The van der Waals surface area contributed by atoms with E-state index in [2.05, 4.69) is 0 Å². The normalized spacial score (nSPS) is 12.8. The number of hydrogen-bond donors (Lipinski definition) is 0. The highest BCUT2D eigenvalue weighted by Crippen LogP contribution is 2.43. The molecule has 0 saturated carbocycles. The Labute approximate surface area is 174 Å². The maximum atomic E-state index is 13.3. The zero-order valence-corrected chi connectivity index (χ0v) is 18.4. The number of methoxy groups -OCH3 is 1. The Morgan fingerprint density at radius 2 is 2.10 bits per heavy atom. The summed E-state index contributed by atoms with van der Waals surface area (Å²) in [6, 6.07) is 5.95. The molecule has 0 bridgehead atoms. The molecule has 0 radical (unpaired) electrons. The van der Waals surface area contributed by atoms with E-state index in [9.17, 15) is 4.79 Å². The summed E-state index contributed by atoms with van der Waals surface area (Å²) >= 11 is 1.60. The van der Waals surface area contributed by atoms with Gasteiger partial charge in [-0.15, -0.1) is 0 Å². The molecule has 0 atom stereocenters. The Kier molecular flexibility index (Phi) is 4.65. The van der Waals surface area contributed by atoms with Crippen molar-refractivity contribution in [3.8, 4) is 28.4 Å². The summed E-state index contributed by atoms with van der Waals surface area (Å²) in [6.45, 7) is 8.31. The summed E-state index contributed by atoms with van der Waals surface area (Å²) < 4.78 is 13.3. The van der Waals surface area contributed by atoms with Crippen molar-refractivity contribution in [1.29, 1.82) is 0 Å². The number of amides is 1. The Morgan fingerprint density at radius 3 is 2.72 bits per heavy atom. The van der Waals surface area contributed by atoms with Gasteiger partial charge >= 0.3 is 0 Å². The van der Waals surface area contributed by atoms with Crippen LogP contribution < -0.4 is 9.47 Å². The van der Waals surface area contributed by atoms with Gasteiger partial charge in [0.15, 0.2) is 5.69 Å². The van der Waals surface area contributed by atoms with Crippen LogP contribution in [0.2, 0.25) is 0 Å². The number of hydrogen-bond acceptors (Lipinski definition) is 5. The van der Waals surface area contributed by atoms with Crippen LogP contribution in [0.1, 0.15) is 42.4 Å². The first-order valence-corrected chi connectivity index (χ1v) is 10.4. The van der Waals surface area contributed by atoms with Crippen LogP contribution in [-0.4, -0.2) is 40.3 Å². The van der Waals surface area contributed by atoms with Crippen molar-refractivity contribution in [3.63, 3.8) is 0 Å². The number of aryl methyl sites for hydroxylation is 1. The molecule has 29 heavy (non-hydrogen) atoms. The van der Waals surface area contributed by atoms with Crippen molar-refractivity contribution in [3.05, 3.63) is 45.8 Å². The van der Waals surface area contributed by atoms with Gasteiger partial charge in [0, 0.05) is 35.2 Å². The van der Waals surface area contributed by atoms with Gasteiger partial charge in [0.05, 0.1) is 18.5 Å². The minimum atomic E-state index is -0.312. The number of carbonyl (C=O) groups excluding carboxylic acids is 1. The second-order valence-electron chi connectivity index (χ2n) is 8.21.